The molecule has 4 nitrogen and oxygen atoms in total. The number of halogens is 3. The number of sulfone groups is 1. The second-order valence-corrected chi connectivity index (χ2v) is 8.16. The Balaban J connectivity index is 2.42. The van der Waals surface area contributed by atoms with E-state index in [9.17, 15) is 26.4 Å². The number of hydrogen-bond acceptors (Lipinski definition) is 3. The van der Waals surface area contributed by atoms with Gasteiger partial charge in [0.1, 0.15) is 9.84 Å². The van der Waals surface area contributed by atoms with Gasteiger partial charge >= 0.3 is 6.18 Å². The van der Waals surface area contributed by atoms with Crippen molar-refractivity contribution in [2.24, 2.45) is 0 Å². The van der Waals surface area contributed by atoms with Gasteiger partial charge in [-0.3, -0.25) is 4.79 Å². The van der Waals surface area contributed by atoms with Gasteiger partial charge < -0.3 is 4.90 Å². The van der Waals surface area contributed by atoms with Crippen molar-refractivity contribution in [1.82, 2.24) is 4.90 Å². The zero-order valence-corrected chi connectivity index (χ0v) is 13.7. The Morgan fingerprint density at radius 1 is 1.30 bits per heavy atom. The monoisotopic (exact) mass is 349 g/mol. The molecule has 1 aromatic rings. The maximum absolute atomic E-state index is 13.8. The first-order chi connectivity index (χ1) is 10.5. The standard InChI is InChI=1S/C15H18F3NO3S/c1-14(15(16,17)18)12-6-4-3-5-11(12)7-9-19(14)13(20)8-10-23(2,21)22/h3-6H,7-10H2,1-2H3/t14-/m1/s1. The predicted molar refractivity (Wildman–Crippen MR) is 79.6 cm³/mol. The van der Waals surface area contributed by atoms with E-state index in [1.807, 2.05) is 0 Å². The van der Waals surface area contributed by atoms with Crippen LogP contribution < -0.4 is 0 Å². The van der Waals surface area contributed by atoms with E-state index < -0.39 is 39.6 Å². The maximum atomic E-state index is 13.8. The summed E-state index contributed by atoms with van der Waals surface area (Å²) in [6.45, 7) is 0.888. The van der Waals surface area contributed by atoms with Gasteiger partial charge in [0.25, 0.3) is 0 Å². The van der Waals surface area contributed by atoms with Gasteiger partial charge in [0.2, 0.25) is 5.91 Å². The lowest BCUT2D eigenvalue weighted by molar-refractivity contribution is -0.234. The van der Waals surface area contributed by atoms with Crippen LogP contribution in [0.3, 0.4) is 0 Å². The van der Waals surface area contributed by atoms with E-state index >= 15 is 0 Å². The minimum absolute atomic E-state index is 0.0476. The first kappa shape index (κ1) is 17.8. The zero-order chi connectivity index (χ0) is 17.5. The van der Waals surface area contributed by atoms with Crippen molar-refractivity contribution in [1.29, 1.82) is 0 Å². The first-order valence-corrected chi connectivity index (χ1v) is 9.16. The summed E-state index contributed by atoms with van der Waals surface area (Å²) in [6, 6.07) is 6.17. The number of amides is 1. The highest BCUT2D eigenvalue weighted by Crippen LogP contribution is 2.47. The van der Waals surface area contributed by atoms with Crippen LogP contribution in [-0.2, 0) is 26.6 Å². The molecule has 128 valence electrons. The molecule has 0 N–H and O–H groups in total. The molecular formula is C15H18F3NO3S. The number of fused-ring (bicyclic) bond motifs is 1. The highest BCUT2D eigenvalue weighted by Gasteiger charge is 2.59. The van der Waals surface area contributed by atoms with Crippen molar-refractivity contribution in [3.8, 4) is 0 Å². The molecule has 0 saturated carbocycles. The van der Waals surface area contributed by atoms with Crippen LogP contribution >= 0.6 is 0 Å². The molecule has 8 heteroatoms. The van der Waals surface area contributed by atoms with E-state index in [1.165, 1.54) is 12.1 Å². The molecule has 0 spiro atoms. The number of rotatable bonds is 3. The summed E-state index contributed by atoms with van der Waals surface area (Å²) in [5, 5.41) is 0. The normalized spacial score (nSPS) is 21.9. The van der Waals surface area contributed by atoms with Crippen molar-refractivity contribution in [2.45, 2.75) is 31.5 Å². The predicted octanol–water partition coefficient (Wildman–Crippen LogP) is 2.28. The molecule has 2 rings (SSSR count). The highest BCUT2D eigenvalue weighted by atomic mass is 32.2. The topological polar surface area (TPSA) is 54.5 Å². The second kappa shape index (κ2) is 5.81. The van der Waals surface area contributed by atoms with Crippen molar-refractivity contribution in [2.75, 3.05) is 18.6 Å². The molecule has 1 atom stereocenters. The van der Waals surface area contributed by atoms with Crippen LogP contribution in [0.4, 0.5) is 13.2 Å². The van der Waals surface area contributed by atoms with Gasteiger partial charge in [-0.1, -0.05) is 24.3 Å². The lowest BCUT2D eigenvalue weighted by Crippen LogP contribution is -2.59. The third kappa shape index (κ3) is 3.36. The largest absolute Gasteiger partial charge is 0.415 e. The summed E-state index contributed by atoms with van der Waals surface area (Å²) in [5.41, 5.74) is -1.85. The molecule has 0 saturated heterocycles. The van der Waals surface area contributed by atoms with Crippen LogP contribution in [0.5, 0.6) is 0 Å². The quantitative estimate of drug-likeness (QED) is 0.841. The number of alkyl halides is 3. The molecular weight excluding hydrogens is 331 g/mol. The molecule has 1 heterocycles. The smallest absolute Gasteiger partial charge is 0.324 e. The van der Waals surface area contributed by atoms with Gasteiger partial charge in [0.15, 0.2) is 5.54 Å². The summed E-state index contributed by atoms with van der Waals surface area (Å²) < 4.78 is 63.7. The van der Waals surface area contributed by atoms with Crippen LogP contribution in [0.15, 0.2) is 24.3 Å². The Kier molecular flexibility index (Phi) is 4.49. The molecule has 23 heavy (non-hydrogen) atoms. The molecule has 1 aliphatic rings. The van der Waals surface area contributed by atoms with Gasteiger partial charge in [-0.05, 0) is 24.5 Å². The van der Waals surface area contributed by atoms with Crippen LogP contribution in [0.1, 0.15) is 24.5 Å². The Morgan fingerprint density at radius 2 is 1.91 bits per heavy atom. The van der Waals surface area contributed by atoms with Gasteiger partial charge in [0, 0.05) is 19.2 Å². The number of hydrogen-bond donors (Lipinski definition) is 0. The van der Waals surface area contributed by atoms with E-state index in [1.54, 1.807) is 12.1 Å². The van der Waals surface area contributed by atoms with Crippen LogP contribution in [0, 0.1) is 0 Å². The fourth-order valence-corrected chi connectivity index (χ4v) is 3.45. The Hall–Kier alpha value is -1.57. The minimum Gasteiger partial charge on any atom is -0.324 e. The van der Waals surface area contributed by atoms with Crippen molar-refractivity contribution >= 4 is 15.7 Å². The number of nitrogens with zero attached hydrogens (tertiary/aromatic N) is 1. The number of carbonyl (C=O) groups is 1. The molecule has 0 aliphatic carbocycles. The summed E-state index contributed by atoms with van der Waals surface area (Å²) in [5.74, 6) is -1.26. The minimum atomic E-state index is -4.66. The fourth-order valence-electron chi connectivity index (χ4n) is 2.90. The SMILES string of the molecule is C[C@]1(C(F)(F)F)c2ccccc2CCN1C(=O)CCS(C)(=O)=O. The van der Waals surface area contributed by atoms with Gasteiger partial charge in [-0.15, -0.1) is 0 Å². The molecule has 1 aliphatic heterocycles. The molecule has 0 bridgehead atoms. The second-order valence-electron chi connectivity index (χ2n) is 5.90. The van der Waals surface area contributed by atoms with E-state index in [-0.39, 0.29) is 12.1 Å². The van der Waals surface area contributed by atoms with Crippen molar-refractivity contribution < 1.29 is 26.4 Å². The summed E-state index contributed by atoms with van der Waals surface area (Å²) in [7, 11) is -3.42. The van der Waals surface area contributed by atoms with Gasteiger partial charge in [-0.2, -0.15) is 13.2 Å². The average Bonchev–Trinajstić information content (AvgIpc) is 2.43. The third-order valence-corrected chi connectivity index (χ3v) is 5.17. The molecule has 0 aromatic heterocycles. The Bertz CT molecular complexity index is 715. The number of carbonyl (C=O) groups excluding carboxylic acids is 1. The Morgan fingerprint density at radius 3 is 2.48 bits per heavy atom. The molecule has 0 fully saturated rings. The van der Waals surface area contributed by atoms with Gasteiger partial charge in [-0.25, -0.2) is 8.42 Å². The van der Waals surface area contributed by atoms with E-state index in [4.69, 9.17) is 0 Å². The molecule has 1 aromatic carbocycles. The van der Waals surface area contributed by atoms with E-state index in [0.717, 1.165) is 18.1 Å². The highest BCUT2D eigenvalue weighted by molar-refractivity contribution is 7.90. The summed E-state index contributed by atoms with van der Waals surface area (Å²) in [6.07, 6.45) is -3.85. The molecule has 1 amide bonds. The molecule has 0 radical (unpaired) electrons. The summed E-state index contributed by atoms with van der Waals surface area (Å²) in [4.78, 5) is 13.0. The zero-order valence-electron chi connectivity index (χ0n) is 12.9. The fraction of sp³-hybridized carbons (Fsp3) is 0.533. The third-order valence-electron chi connectivity index (χ3n) is 4.23. The first-order valence-electron chi connectivity index (χ1n) is 7.10. The van der Waals surface area contributed by atoms with Crippen LogP contribution in [0.2, 0.25) is 0 Å². The van der Waals surface area contributed by atoms with E-state index in [2.05, 4.69) is 0 Å². The lowest BCUT2D eigenvalue weighted by atomic mass is 9.81. The average molecular weight is 349 g/mol. The lowest BCUT2D eigenvalue weighted by Gasteiger charge is -2.46. The number of benzene rings is 1. The molecule has 0 unspecified atom stereocenters. The summed E-state index contributed by atoms with van der Waals surface area (Å²) >= 11 is 0. The van der Waals surface area contributed by atoms with Crippen LogP contribution in [0.25, 0.3) is 0 Å². The van der Waals surface area contributed by atoms with Crippen LogP contribution in [-0.4, -0.2) is 44.0 Å². The maximum Gasteiger partial charge on any atom is 0.415 e. The van der Waals surface area contributed by atoms with Crippen molar-refractivity contribution in [3.63, 3.8) is 0 Å². The van der Waals surface area contributed by atoms with Crippen molar-refractivity contribution in [3.05, 3.63) is 35.4 Å². The van der Waals surface area contributed by atoms with E-state index in [0.29, 0.717) is 12.0 Å². The van der Waals surface area contributed by atoms with Gasteiger partial charge in [0.05, 0.1) is 5.75 Å². The Labute approximate surface area is 133 Å².